The standard InChI is InChI=1S/C16H15Cl2NO2/c1-9-8-19-14(10(2)16(9)21-3)7-15(20)12-5-4-11(17)6-13(12)18/h4-6,8H,7H2,1-3H3. The number of rotatable bonds is 4. The molecule has 2 aromatic rings. The SMILES string of the molecule is COc1c(C)cnc(CC(=O)c2ccc(Cl)cc2Cl)c1C. The van der Waals surface area contributed by atoms with Crippen molar-refractivity contribution >= 4 is 29.0 Å². The van der Waals surface area contributed by atoms with Crippen molar-refractivity contribution in [3.63, 3.8) is 0 Å². The van der Waals surface area contributed by atoms with E-state index in [0.29, 0.717) is 21.3 Å². The minimum absolute atomic E-state index is 0.0989. The molecule has 0 spiro atoms. The molecule has 110 valence electrons. The van der Waals surface area contributed by atoms with Crippen LogP contribution in [0.15, 0.2) is 24.4 Å². The van der Waals surface area contributed by atoms with Gasteiger partial charge in [-0.25, -0.2) is 0 Å². The predicted molar refractivity (Wildman–Crippen MR) is 84.8 cm³/mol. The van der Waals surface area contributed by atoms with Crippen molar-refractivity contribution in [2.24, 2.45) is 0 Å². The molecule has 0 saturated carbocycles. The molecule has 0 amide bonds. The molecule has 0 aliphatic carbocycles. The number of hydrogen-bond donors (Lipinski definition) is 0. The Bertz CT molecular complexity index is 699. The van der Waals surface area contributed by atoms with Gasteiger partial charge in [0.05, 0.1) is 24.2 Å². The lowest BCUT2D eigenvalue weighted by Gasteiger charge is -2.12. The number of aromatic nitrogens is 1. The fourth-order valence-electron chi connectivity index (χ4n) is 2.21. The molecule has 0 fully saturated rings. The number of halogens is 2. The second kappa shape index (κ2) is 6.46. The Balaban J connectivity index is 2.32. The number of carbonyl (C=O) groups is 1. The van der Waals surface area contributed by atoms with Crippen LogP contribution >= 0.6 is 23.2 Å². The number of nitrogens with zero attached hydrogens (tertiary/aromatic N) is 1. The largest absolute Gasteiger partial charge is 0.496 e. The Morgan fingerprint density at radius 2 is 2.00 bits per heavy atom. The zero-order valence-electron chi connectivity index (χ0n) is 12.0. The van der Waals surface area contributed by atoms with E-state index in [0.717, 1.165) is 16.9 Å². The van der Waals surface area contributed by atoms with E-state index in [2.05, 4.69) is 4.98 Å². The molecule has 5 heteroatoms. The monoisotopic (exact) mass is 323 g/mol. The molecule has 2 rings (SSSR count). The summed E-state index contributed by atoms with van der Waals surface area (Å²) in [5, 5.41) is 0.854. The number of hydrogen-bond acceptors (Lipinski definition) is 3. The molecule has 0 saturated heterocycles. The van der Waals surface area contributed by atoms with Crippen molar-refractivity contribution in [2.45, 2.75) is 20.3 Å². The molecule has 0 unspecified atom stereocenters. The van der Waals surface area contributed by atoms with Crippen molar-refractivity contribution < 1.29 is 9.53 Å². The second-order valence-electron chi connectivity index (χ2n) is 4.77. The highest BCUT2D eigenvalue weighted by atomic mass is 35.5. The van der Waals surface area contributed by atoms with Crippen LogP contribution in [-0.4, -0.2) is 17.9 Å². The van der Waals surface area contributed by atoms with Gasteiger partial charge in [0, 0.05) is 27.9 Å². The summed E-state index contributed by atoms with van der Waals surface area (Å²) in [6, 6.07) is 4.84. The van der Waals surface area contributed by atoms with E-state index in [1.165, 1.54) is 0 Å². The summed E-state index contributed by atoms with van der Waals surface area (Å²) in [7, 11) is 1.61. The highest BCUT2D eigenvalue weighted by Gasteiger charge is 2.16. The van der Waals surface area contributed by atoms with Gasteiger partial charge in [-0.05, 0) is 32.0 Å². The van der Waals surface area contributed by atoms with Gasteiger partial charge in [0.15, 0.2) is 5.78 Å². The number of benzene rings is 1. The Morgan fingerprint density at radius 1 is 1.29 bits per heavy atom. The molecule has 0 radical (unpaired) electrons. The summed E-state index contributed by atoms with van der Waals surface area (Å²) in [6.07, 6.45) is 1.88. The van der Waals surface area contributed by atoms with E-state index in [4.69, 9.17) is 27.9 Å². The van der Waals surface area contributed by atoms with Crippen molar-refractivity contribution in [3.05, 3.63) is 56.8 Å². The maximum Gasteiger partial charge on any atom is 0.170 e. The summed E-state index contributed by atoms with van der Waals surface area (Å²) in [4.78, 5) is 16.7. The van der Waals surface area contributed by atoms with Crippen molar-refractivity contribution in [2.75, 3.05) is 7.11 Å². The van der Waals surface area contributed by atoms with E-state index in [-0.39, 0.29) is 12.2 Å². The van der Waals surface area contributed by atoms with E-state index < -0.39 is 0 Å². The molecule has 21 heavy (non-hydrogen) atoms. The number of aryl methyl sites for hydroxylation is 1. The van der Waals surface area contributed by atoms with Gasteiger partial charge >= 0.3 is 0 Å². The minimum atomic E-state index is -0.0989. The first-order valence-corrected chi connectivity index (χ1v) is 7.17. The summed E-state index contributed by atoms with van der Waals surface area (Å²) < 4.78 is 5.35. The normalized spacial score (nSPS) is 10.5. The van der Waals surface area contributed by atoms with E-state index in [1.807, 2.05) is 13.8 Å². The number of carbonyl (C=O) groups excluding carboxylic acids is 1. The molecule has 0 aliphatic heterocycles. The van der Waals surface area contributed by atoms with Crippen LogP contribution in [0.3, 0.4) is 0 Å². The Hall–Kier alpha value is -1.58. The number of ether oxygens (including phenoxy) is 1. The molecule has 1 heterocycles. The maximum absolute atomic E-state index is 12.4. The van der Waals surface area contributed by atoms with Crippen LogP contribution in [0, 0.1) is 13.8 Å². The van der Waals surface area contributed by atoms with Gasteiger partial charge < -0.3 is 4.74 Å². The molecule has 0 bridgehead atoms. The molecule has 0 aliphatic rings. The lowest BCUT2D eigenvalue weighted by atomic mass is 10.0. The fourth-order valence-corrected chi connectivity index (χ4v) is 2.73. The van der Waals surface area contributed by atoms with Gasteiger partial charge in [-0.2, -0.15) is 0 Å². The van der Waals surface area contributed by atoms with Gasteiger partial charge in [-0.1, -0.05) is 23.2 Å². The highest BCUT2D eigenvalue weighted by molar-refractivity contribution is 6.36. The predicted octanol–water partition coefficient (Wildman–Crippen LogP) is 4.44. The third kappa shape index (κ3) is 3.36. The quantitative estimate of drug-likeness (QED) is 0.781. The highest BCUT2D eigenvalue weighted by Crippen LogP contribution is 2.26. The lowest BCUT2D eigenvalue weighted by molar-refractivity contribution is 0.0992. The van der Waals surface area contributed by atoms with Crippen LogP contribution in [-0.2, 0) is 6.42 Å². The first kappa shape index (κ1) is 15.8. The molecular formula is C16H15Cl2NO2. The van der Waals surface area contributed by atoms with Gasteiger partial charge in [0.2, 0.25) is 0 Å². The Morgan fingerprint density at radius 3 is 2.62 bits per heavy atom. The van der Waals surface area contributed by atoms with E-state index in [9.17, 15) is 4.79 Å². The Kier molecular flexibility index (Phi) is 4.86. The Labute approximate surface area is 133 Å². The third-order valence-electron chi connectivity index (χ3n) is 3.31. The minimum Gasteiger partial charge on any atom is -0.496 e. The fraction of sp³-hybridized carbons (Fsp3) is 0.250. The molecular weight excluding hydrogens is 309 g/mol. The zero-order chi connectivity index (χ0) is 15.6. The molecule has 0 N–H and O–H groups in total. The van der Waals surface area contributed by atoms with Gasteiger partial charge in [0.1, 0.15) is 5.75 Å². The van der Waals surface area contributed by atoms with Gasteiger partial charge in [-0.15, -0.1) is 0 Å². The van der Waals surface area contributed by atoms with Gasteiger partial charge in [0.25, 0.3) is 0 Å². The summed E-state index contributed by atoms with van der Waals surface area (Å²) in [5.41, 5.74) is 2.95. The van der Waals surface area contributed by atoms with Crippen LogP contribution < -0.4 is 4.74 Å². The molecule has 1 aromatic heterocycles. The topological polar surface area (TPSA) is 39.2 Å². The maximum atomic E-state index is 12.4. The van der Waals surface area contributed by atoms with Crippen LogP contribution in [0.5, 0.6) is 5.75 Å². The first-order valence-electron chi connectivity index (χ1n) is 6.41. The van der Waals surface area contributed by atoms with Crippen molar-refractivity contribution in [1.82, 2.24) is 4.98 Å². The molecule has 0 atom stereocenters. The first-order chi connectivity index (χ1) is 9.93. The van der Waals surface area contributed by atoms with Gasteiger partial charge in [-0.3, -0.25) is 9.78 Å². The zero-order valence-corrected chi connectivity index (χ0v) is 13.5. The smallest absolute Gasteiger partial charge is 0.170 e. The number of ketones is 1. The number of methoxy groups -OCH3 is 1. The van der Waals surface area contributed by atoms with E-state index in [1.54, 1.807) is 31.5 Å². The molecule has 3 nitrogen and oxygen atoms in total. The number of pyridine rings is 1. The number of Topliss-reactive ketones (excluding diaryl/α,β-unsaturated/α-hetero) is 1. The summed E-state index contributed by atoms with van der Waals surface area (Å²) >= 11 is 11.9. The molecule has 1 aromatic carbocycles. The lowest BCUT2D eigenvalue weighted by Crippen LogP contribution is -2.08. The van der Waals surface area contributed by atoms with Crippen molar-refractivity contribution in [3.8, 4) is 5.75 Å². The second-order valence-corrected chi connectivity index (χ2v) is 5.61. The van der Waals surface area contributed by atoms with Crippen LogP contribution in [0.25, 0.3) is 0 Å². The summed E-state index contributed by atoms with van der Waals surface area (Å²) in [6.45, 7) is 3.81. The van der Waals surface area contributed by atoms with E-state index >= 15 is 0 Å². The third-order valence-corrected chi connectivity index (χ3v) is 3.86. The average Bonchev–Trinajstić information content (AvgIpc) is 2.42. The van der Waals surface area contributed by atoms with Crippen molar-refractivity contribution in [1.29, 1.82) is 0 Å². The van der Waals surface area contributed by atoms with Crippen LogP contribution in [0.2, 0.25) is 10.0 Å². The van der Waals surface area contributed by atoms with Crippen LogP contribution in [0.1, 0.15) is 27.2 Å². The van der Waals surface area contributed by atoms with Crippen LogP contribution in [0.4, 0.5) is 0 Å². The average molecular weight is 324 g/mol. The summed E-state index contributed by atoms with van der Waals surface area (Å²) in [5.74, 6) is 0.660.